The van der Waals surface area contributed by atoms with Crippen LogP contribution in [0.3, 0.4) is 0 Å². The standard InChI is InChI=1S/C10H11N.C7H8/c1-2-5-10-8-11-7-3-6-9(10)4-1;1-2-4-6-7-5-3-1/h1-2,4-5,7H,3,6,8H2;1-6H,7H2. The number of fused-ring (bicyclic) bond motifs is 1. The van der Waals surface area contributed by atoms with Crippen LogP contribution in [0.4, 0.5) is 0 Å². The van der Waals surface area contributed by atoms with E-state index < -0.39 is 0 Å². The van der Waals surface area contributed by atoms with Gasteiger partial charge < -0.3 is 0 Å². The van der Waals surface area contributed by atoms with Gasteiger partial charge in [0.05, 0.1) is 6.54 Å². The summed E-state index contributed by atoms with van der Waals surface area (Å²) in [5, 5.41) is 0. The normalized spacial score (nSPS) is 16.2. The Morgan fingerprint density at radius 2 is 1.56 bits per heavy atom. The second-order valence-electron chi connectivity index (χ2n) is 4.31. The lowest BCUT2D eigenvalue weighted by Crippen LogP contribution is -1.88. The van der Waals surface area contributed by atoms with E-state index in [4.69, 9.17) is 0 Å². The molecule has 0 unspecified atom stereocenters. The molecular formula is C17H19N. The molecule has 0 saturated carbocycles. The smallest absolute Gasteiger partial charge is 0.0638 e. The van der Waals surface area contributed by atoms with Crippen molar-refractivity contribution in [2.24, 2.45) is 4.99 Å². The molecule has 18 heavy (non-hydrogen) atoms. The number of hydrogen-bond donors (Lipinski definition) is 0. The summed E-state index contributed by atoms with van der Waals surface area (Å²) in [6, 6.07) is 8.55. The van der Waals surface area contributed by atoms with Crippen LogP contribution in [0, 0.1) is 0 Å². The molecular weight excluding hydrogens is 218 g/mol. The first-order chi connectivity index (χ1) is 8.97. The summed E-state index contributed by atoms with van der Waals surface area (Å²) in [7, 11) is 0. The van der Waals surface area contributed by atoms with Crippen molar-refractivity contribution in [1.82, 2.24) is 0 Å². The van der Waals surface area contributed by atoms with Gasteiger partial charge >= 0.3 is 0 Å². The van der Waals surface area contributed by atoms with Gasteiger partial charge in [0.25, 0.3) is 0 Å². The lowest BCUT2D eigenvalue weighted by atomic mass is 10.0. The van der Waals surface area contributed by atoms with Crippen molar-refractivity contribution in [3.63, 3.8) is 0 Å². The molecule has 2 aliphatic rings. The second kappa shape index (κ2) is 7.44. The van der Waals surface area contributed by atoms with Gasteiger partial charge in [-0.25, -0.2) is 0 Å². The van der Waals surface area contributed by atoms with Crippen LogP contribution in [0.1, 0.15) is 24.0 Å². The van der Waals surface area contributed by atoms with Crippen molar-refractivity contribution >= 4 is 6.21 Å². The topological polar surface area (TPSA) is 12.4 Å². The zero-order valence-corrected chi connectivity index (χ0v) is 10.6. The summed E-state index contributed by atoms with van der Waals surface area (Å²) in [4.78, 5) is 4.29. The van der Waals surface area contributed by atoms with E-state index in [9.17, 15) is 0 Å². The number of aliphatic imine (C=N–C) groups is 1. The monoisotopic (exact) mass is 237 g/mol. The van der Waals surface area contributed by atoms with Gasteiger partial charge in [0.2, 0.25) is 0 Å². The predicted molar refractivity (Wildman–Crippen MR) is 79.0 cm³/mol. The molecule has 3 rings (SSSR count). The van der Waals surface area contributed by atoms with Gasteiger partial charge in [-0.3, -0.25) is 4.99 Å². The van der Waals surface area contributed by atoms with Crippen molar-refractivity contribution in [2.45, 2.75) is 25.8 Å². The number of aryl methyl sites for hydroxylation is 1. The largest absolute Gasteiger partial charge is 0.293 e. The van der Waals surface area contributed by atoms with Crippen LogP contribution in [-0.4, -0.2) is 6.21 Å². The summed E-state index contributed by atoms with van der Waals surface area (Å²) < 4.78 is 0. The van der Waals surface area contributed by atoms with Gasteiger partial charge in [-0.2, -0.15) is 0 Å². The van der Waals surface area contributed by atoms with Crippen LogP contribution in [0.5, 0.6) is 0 Å². The average molecular weight is 237 g/mol. The Hall–Kier alpha value is -1.89. The molecule has 0 radical (unpaired) electrons. The molecule has 1 aromatic rings. The highest BCUT2D eigenvalue weighted by atomic mass is 14.7. The molecule has 1 heterocycles. The number of benzene rings is 1. The summed E-state index contributed by atoms with van der Waals surface area (Å²) >= 11 is 0. The van der Waals surface area contributed by atoms with Crippen molar-refractivity contribution < 1.29 is 0 Å². The van der Waals surface area contributed by atoms with Crippen LogP contribution < -0.4 is 0 Å². The van der Waals surface area contributed by atoms with Crippen LogP contribution >= 0.6 is 0 Å². The molecule has 1 aliphatic heterocycles. The first kappa shape index (κ1) is 12.6. The maximum absolute atomic E-state index is 4.29. The fourth-order valence-electron chi connectivity index (χ4n) is 1.95. The van der Waals surface area contributed by atoms with E-state index in [2.05, 4.69) is 53.6 Å². The third-order valence-electron chi connectivity index (χ3n) is 2.93. The van der Waals surface area contributed by atoms with Gasteiger partial charge in [0, 0.05) is 0 Å². The average Bonchev–Trinajstić information content (AvgIpc) is 2.84. The molecule has 0 bridgehead atoms. The van der Waals surface area contributed by atoms with Crippen molar-refractivity contribution in [2.75, 3.05) is 0 Å². The van der Waals surface area contributed by atoms with E-state index in [1.807, 2.05) is 18.4 Å². The minimum atomic E-state index is 0.871. The Morgan fingerprint density at radius 1 is 0.833 bits per heavy atom. The van der Waals surface area contributed by atoms with Crippen molar-refractivity contribution in [3.05, 3.63) is 71.8 Å². The van der Waals surface area contributed by atoms with E-state index >= 15 is 0 Å². The summed E-state index contributed by atoms with van der Waals surface area (Å²) in [5.74, 6) is 0. The van der Waals surface area contributed by atoms with Crippen molar-refractivity contribution in [3.8, 4) is 0 Å². The molecule has 0 amide bonds. The number of allylic oxidation sites excluding steroid dienone is 6. The fourth-order valence-corrected chi connectivity index (χ4v) is 1.95. The lowest BCUT2D eigenvalue weighted by Gasteiger charge is -2.01. The fraction of sp³-hybridized carbons (Fsp3) is 0.235. The summed E-state index contributed by atoms with van der Waals surface area (Å²) in [6.07, 6.45) is 17.8. The first-order valence-corrected chi connectivity index (χ1v) is 6.50. The highest BCUT2D eigenvalue weighted by Gasteiger charge is 2.01. The van der Waals surface area contributed by atoms with E-state index in [0.717, 1.165) is 25.8 Å². The SMILES string of the molecule is C1=CC=CCC=C1.C1=NCc2ccccc2CC1. The Balaban J connectivity index is 0.000000149. The maximum atomic E-state index is 4.29. The molecule has 0 spiro atoms. The highest BCUT2D eigenvalue weighted by molar-refractivity contribution is 5.59. The molecule has 0 aromatic heterocycles. The second-order valence-corrected chi connectivity index (χ2v) is 4.31. The summed E-state index contributed by atoms with van der Waals surface area (Å²) in [6.45, 7) is 0.871. The molecule has 1 aromatic carbocycles. The molecule has 0 fully saturated rings. The molecule has 0 N–H and O–H groups in total. The number of nitrogens with zero attached hydrogens (tertiary/aromatic N) is 1. The Morgan fingerprint density at radius 3 is 2.33 bits per heavy atom. The molecule has 0 atom stereocenters. The number of hydrogen-bond acceptors (Lipinski definition) is 1. The van der Waals surface area contributed by atoms with E-state index in [1.54, 1.807) is 0 Å². The van der Waals surface area contributed by atoms with E-state index in [0.29, 0.717) is 0 Å². The van der Waals surface area contributed by atoms with Gasteiger partial charge in [-0.15, -0.1) is 0 Å². The lowest BCUT2D eigenvalue weighted by molar-refractivity contribution is 1.03. The third kappa shape index (κ3) is 4.17. The molecule has 1 aliphatic carbocycles. The van der Waals surface area contributed by atoms with E-state index in [-0.39, 0.29) is 0 Å². The first-order valence-electron chi connectivity index (χ1n) is 6.50. The third-order valence-corrected chi connectivity index (χ3v) is 2.93. The van der Waals surface area contributed by atoms with Gasteiger partial charge in [0.1, 0.15) is 0 Å². The van der Waals surface area contributed by atoms with E-state index in [1.165, 1.54) is 11.1 Å². The molecule has 1 nitrogen and oxygen atoms in total. The maximum Gasteiger partial charge on any atom is 0.0638 e. The number of rotatable bonds is 0. The Labute approximate surface area is 109 Å². The minimum absolute atomic E-state index is 0.871. The van der Waals surface area contributed by atoms with Crippen LogP contribution in [-0.2, 0) is 13.0 Å². The van der Waals surface area contributed by atoms with Gasteiger partial charge in [-0.1, -0.05) is 60.7 Å². The summed E-state index contributed by atoms with van der Waals surface area (Å²) in [5.41, 5.74) is 2.85. The van der Waals surface area contributed by atoms with Gasteiger partial charge in [0.15, 0.2) is 0 Å². The quantitative estimate of drug-likeness (QED) is 0.639. The highest BCUT2D eigenvalue weighted by Crippen LogP contribution is 2.13. The minimum Gasteiger partial charge on any atom is -0.293 e. The molecule has 0 saturated heterocycles. The zero-order valence-electron chi connectivity index (χ0n) is 10.6. The van der Waals surface area contributed by atoms with Crippen LogP contribution in [0.15, 0.2) is 65.7 Å². The Kier molecular flexibility index (Phi) is 5.19. The zero-order chi connectivity index (χ0) is 12.5. The molecule has 92 valence electrons. The van der Waals surface area contributed by atoms with Crippen LogP contribution in [0.2, 0.25) is 0 Å². The van der Waals surface area contributed by atoms with Crippen LogP contribution in [0.25, 0.3) is 0 Å². The van der Waals surface area contributed by atoms with Crippen molar-refractivity contribution in [1.29, 1.82) is 0 Å². The Bertz CT molecular complexity index is 464. The van der Waals surface area contributed by atoms with Gasteiger partial charge in [-0.05, 0) is 36.6 Å². The molecule has 1 heteroatoms. The predicted octanol–water partition coefficient (Wildman–Crippen LogP) is 4.26.